The normalized spacial score (nSPS) is 31.7. The maximum Gasteiger partial charge on any atom is 0.141 e. The van der Waals surface area contributed by atoms with E-state index in [0.717, 1.165) is 6.42 Å². The zero-order valence-corrected chi connectivity index (χ0v) is 10.9. The molecule has 0 radical (unpaired) electrons. The van der Waals surface area contributed by atoms with E-state index in [9.17, 15) is 4.79 Å². The van der Waals surface area contributed by atoms with Crippen molar-refractivity contribution in [3.8, 4) is 0 Å². The summed E-state index contributed by atoms with van der Waals surface area (Å²) in [4.78, 5) is 12.1. The fourth-order valence-corrected chi connectivity index (χ4v) is 2.62. The SMILES string of the molecule is CCC1OC(C)(C)CC(=O)C1C(C)(C)C. The Bertz CT molecular complexity index is 248. The molecule has 1 rings (SSSR count). The molecule has 1 fully saturated rings. The molecule has 0 aromatic rings. The second kappa shape index (κ2) is 3.89. The van der Waals surface area contributed by atoms with Crippen molar-refractivity contribution in [1.82, 2.24) is 0 Å². The van der Waals surface area contributed by atoms with Crippen molar-refractivity contribution in [2.24, 2.45) is 11.3 Å². The zero-order chi connectivity index (χ0) is 11.9. The van der Waals surface area contributed by atoms with Gasteiger partial charge < -0.3 is 4.74 Å². The number of hydrogen-bond acceptors (Lipinski definition) is 2. The predicted octanol–water partition coefficient (Wildman–Crippen LogP) is 3.20. The van der Waals surface area contributed by atoms with Gasteiger partial charge in [0, 0.05) is 12.3 Å². The van der Waals surface area contributed by atoms with Crippen LogP contribution in [-0.4, -0.2) is 17.5 Å². The molecule has 0 bridgehead atoms. The highest BCUT2D eigenvalue weighted by atomic mass is 16.5. The lowest BCUT2D eigenvalue weighted by molar-refractivity contribution is -0.172. The van der Waals surface area contributed by atoms with Crippen molar-refractivity contribution >= 4 is 5.78 Å². The molecule has 0 N–H and O–H groups in total. The Labute approximate surface area is 93.4 Å². The van der Waals surface area contributed by atoms with Crippen LogP contribution in [0.25, 0.3) is 0 Å². The molecular formula is C13H24O2. The lowest BCUT2D eigenvalue weighted by Gasteiger charge is -2.45. The minimum atomic E-state index is -0.278. The average Bonchev–Trinajstić information content (AvgIpc) is 1.97. The van der Waals surface area contributed by atoms with Gasteiger partial charge in [0.1, 0.15) is 5.78 Å². The number of carbonyl (C=O) groups excluding carboxylic acids is 1. The van der Waals surface area contributed by atoms with Crippen LogP contribution in [0.5, 0.6) is 0 Å². The summed E-state index contributed by atoms with van der Waals surface area (Å²) in [5, 5.41) is 0. The van der Waals surface area contributed by atoms with Crippen LogP contribution < -0.4 is 0 Å². The number of hydrogen-bond donors (Lipinski definition) is 0. The van der Waals surface area contributed by atoms with E-state index in [1.165, 1.54) is 0 Å². The minimum absolute atomic E-state index is 0.00819. The topological polar surface area (TPSA) is 26.3 Å². The Morgan fingerprint density at radius 2 is 1.93 bits per heavy atom. The van der Waals surface area contributed by atoms with Crippen molar-refractivity contribution in [2.75, 3.05) is 0 Å². The highest BCUT2D eigenvalue weighted by molar-refractivity contribution is 5.84. The van der Waals surface area contributed by atoms with Crippen LogP contribution in [0.15, 0.2) is 0 Å². The Hall–Kier alpha value is -0.370. The van der Waals surface area contributed by atoms with Crippen molar-refractivity contribution in [1.29, 1.82) is 0 Å². The van der Waals surface area contributed by atoms with Gasteiger partial charge >= 0.3 is 0 Å². The third kappa shape index (κ3) is 2.81. The number of Topliss-reactive ketones (excluding diaryl/α,β-unsaturated/α-hetero) is 1. The Morgan fingerprint density at radius 3 is 2.33 bits per heavy atom. The first-order valence-corrected chi connectivity index (χ1v) is 5.88. The van der Waals surface area contributed by atoms with E-state index in [0.29, 0.717) is 12.2 Å². The van der Waals surface area contributed by atoms with Gasteiger partial charge in [-0.3, -0.25) is 4.79 Å². The molecule has 1 aliphatic rings. The Morgan fingerprint density at radius 1 is 1.40 bits per heavy atom. The van der Waals surface area contributed by atoms with E-state index in [-0.39, 0.29) is 23.0 Å². The van der Waals surface area contributed by atoms with Crippen LogP contribution in [0, 0.1) is 11.3 Å². The molecule has 2 atom stereocenters. The van der Waals surface area contributed by atoms with Gasteiger partial charge in [0.2, 0.25) is 0 Å². The first-order chi connectivity index (χ1) is 6.67. The Balaban J connectivity index is 2.93. The fourth-order valence-electron chi connectivity index (χ4n) is 2.62. The summed E-state index contributed by atoms with van der Waals surface area (Å²) in [7, 11) is 0. The van der Waals surface area contributed by atoms with Crippen molar-refractivity contribution in [2.45, 2.75) is 66.1 Å². The minimum Gasteiger partial charge on any atom is -0.371 e. The summed E-state index contributed by atoms with van der Waals surface area (Å²) in [5.74, 6) is 0.418. The second-order valence-electron chi connectivity index (χ2n) is 6.31. The third-order valence-electron chi connectivity index (χ3n) is 3.12. The highest BCUT2D eigenvalue weighted by Crippen LogP contribution is 2.40. The summed E-state index contributed by atoms with van der Waals surface area (Å²) in [5.41, 5.74) is -0.270. The van der Waals surface area contributed by atoms with Crippen molar-refractivity contribution in [3.63, 3.8) is 0 Å². The molecular weight excluding hydrogens is 188 g/mol. The molecule has 0 saturated carbocycles. The molecule has 0 aromatic carbocycles. The van der Waals surface area contributed by atoms with E-state index in [4.69, 9.17) is 4.74 Å². The average molecular weight is 212 g/mol. The second-order valence-corrected chi connectivity index (χ2v) is 6.31. The van der Waals surface area contributed by atoms with Crippen LogP contribution in [0.4, 0.5) is 0 Å². The lowest BCUT2D eigenvalue weighted by atomic mass is 9.70. The highest BCUT2D eigenvalue weighted by Gasteiger charge is 2.45. The van der Waals surface area contributed by atoms with Gasteiger partial charge in [-0.25, -0.2) is 0 Å². The van der Waals surface area contributed by atoms with E-state index in [1.54, 1.807) is 0 Å². The molecule has 2 heteroatoms. The third-order valence-corrected chi connectivity index (χ3v) is 3.12. The first kappa shape index (κ1) is 12.7. The van der Waals surface area contributed by atoms with Crippen molar-refractivity contribution < 1.29 is 9.53 Å². The lowest BCUT2D eigenvalue weighted by Crippen LogP contribution is -2.50. The van der Waals surface area contributed by atoms with Gasteiger partial charge in [-0.05, 0) is 25.7 Å². The van der Waals surface area contributed by atoms with E-state index in [2.05, 4.69) is 27.7 Å². The van der Waals surface area contributed by atoms with Crippen LogP contribution in [0.3, 0.4) is 0 Å². The van der Waals surface area contributed by atoms with E-state index >= 15 is 0 Å². The molecule has 1 saturated heterocycles. The zero-order valence-electron chi connectivity index (χ0n) is 10.9. The van der Waals surface area contributed by atoms with Crippen LogP contribution in [-0.2, 0) is 9.53 Å². The molecule has 0 amide bonds. The molecule has 1 heterocycles. The summed E-state index contributed by atoms with van der Waals surface area (Å²) in [6.45, 7) is 12.5. The predicted molar refractivity (Wildman–Crippen MR) is 61.8 cm³/mol. The van der Waals surface area contributed by atoms with Gasteiger partial charge in [-0.15, -0.1) is 0 Å². The van der Waals surface area contributed by atoms with Crippen molar-refractivity contribution in [3.05, 3.63) is 0 Å². The number of ketones is 1. The maximum absolute atomic E-state index is 12.1. The largest absolute Gasteiger partial charge is 0.371 e. The standard InChI is InChI=1S/C13H24O2/c1-7-10-11(12(2,3)4)9(14)8-13(5,6)15-10/h10-11H,7-8H2,1-6H3. The summed E-state index contributed by atoms with van der Waals surface area (Å²) in [6.07, 6.45) is 1.55. The summed E-state index contributed by atoms with van der Waals surface area (Å²) >= 11 is 0. The molecule has 0 aromatic heterocycles. The molecule has 2 unspecified atom stereocenters. The Kier molecular flexibility index (Phi) is 3.30. The smallest absolute Gasteiger partial charge is 0.141 e. The van der Waals surface area contributed by atoms with Gasteiger partial charge in [-0.1, -0.05) is 27.7 Å². The van der Waals surface area contributed by atoms with Crippen LogP contribution in [0.1, 0.15) is 54.4 Å². The molecule has 88 valence electrons. The molecule has 0 spiro atoms. The number of ether oxygens (including phenoxy) is 1. The van der Waals surface area contributed by atoms with E-state index in [1.807, 2.05) is 13.8 Å². The maximum atomic E-state index is 12.1. The van der Waals surface area contributed by atoms with Gasteiger partial charge in [0.25, 0.3) is 0 Å². The molecule has 2 nitrogen and oxygen atoms in total. The van der Waals surface area contributed by atoms with Gasteiger partial charge in [-0.2, -0.15) is 0 Å². The summed E-state index contributed by atoms with van der Waals surface area (Å²) < 4.78 is 6.01. The number of rotatable bonds is 1. The molecule has 1 aliphatic heterocycles. The fraction of sp³-hybridized carbons (Fsp3) is 0.923. The van der Waals surface area contributed by atoms with Crippen LogP contribution >= 0.6 is 0 Å². The van der Waals surface area contributed by atoms with Gasteiger partial charge in [0.05, 0.1) is 11.7 Å². The molecule has 15 heavy (non-hydrogen) atoms. The first-order valence-electron chi connectivity index (χ1n) is 5.88. The van der Waals surface area contributed by atoms with Crippen LogP contribution in [0.2, 0.25) is 0 Å². The van der Waals surface area contributed by atoms with Gasteiger partial charge in [0.15, 0.2) is 0 Å². The quantitative estimate of drug-likeness (QED) is 0.667. The monoisotopic (exact) mass is 212 g/mol. The number of carbonyl (C=O) groups is 1. The van der Waals surface area contributed by atoms with E-state index < -0.39 is 0 Å². The molecule has 0 aliphatic carbocycles. The summed E-state index contributed by atoms with van der Waals surface area (Å²) in [6, 6.07) is 0.